The lowest BCUT2D eigenvalue weighted by Gasteiger charge is -2.30. The molecule has 0 bridgehead atoms. The molecule has 3 heteroatoms. The predicted molar refractivity (Wildman–Crippen MR) is 75.2 cm³/mol. The van der Waals surface area contributed by atoms with E-state index in [2.05, 4.69) is 29.4 Å². The Labute approximate surface area is 108 Å². The van der Waals surface area contributed by atoms with E-state index in [9.17, 15) is 0 Å². The van der Waals surface area contributed by atoms with Crippen LogP contribution in [-0.2, 0) is 0 Å². The minimum absolute atomic E-state index is 0.133. The summed E-state index contributed by atoms with van der Waals surface area (Å²) >= 11 is 0. The number of hydrogen-bond donors (Lipinski definition) is 3. The molecule has 5 N–H and O–H groups in total. The van der Waals surface area contributed by atoms with Crippen molar-refractivity contribution >= 4 is 10.9 Å². The van der Waals surface area contributed by atoms with Gasteiger partial charge in [-0.3, -0.25) is 0 Å². The number of aromatic amines is 1. The van der Waals surface area contributed by atoms with Gasteiger partial charge in [0, 0.05) is 29.2 Å². The van der Waals surface area contributed by atoms with Gasteiger partial charge >= 0.3 is 0 Å². The minimum atomic E-state index is 0.133. The van der Waals surface area contributed by atoms with Gasteiger partial charge in [0.15, 0.2) is 0 Å². The van der Waals surface area contributed by atoms with E-state index in [1.54, 1.807) is 0 Å². The van der Waals surface area contributed by atoms with Crippen LogP contribution in [0.5, 0.6) is 0 Å². The van der Waals surface area contributed by atoms with Crippen molar-refractivity contribution in [2.75, 3.05) is 0 Å². The molecule has 1 saturated carbocycles. The summed E-state index contributed by atoms with van der Waals surface area (Å²) in [5.41, 5.74) is 14.9. The van der Waals surface area contributed by atoms with Crippen molar-refractivity contribution in [2.24, 2.45) is 17.4 Å². The van der Waals surface area contributed by atoms with Gasteiger partial charge < -0.3 is 16.5 Å². The Morgan fingerprint density at radius 1 is 1.11 bits per heavy atom. The average Bonchev–Trinajstić information content (AvgIpc) is 2.82. The monoisotopic (exact) mass is 243 g/mol. The number of hydrogen-bond acceptors (Lipinski definition) is 2. The van der Waals surface area contributed by atoms with Crippen LogP contribution < -0.4 is 11.5 Å². The molecule has 3 nitrogen and oxygen atoms in total. The van der Waals surface area contributed by atoms with Crippen molar-refractivity contribution in [1.29, 1.82) is 0 Å². The molecule has 0 aliphatic heterocycles. The van der Waals surface area contributed by atoms with E-state index in [1.165, 1.54) is 16.5 Å². The van der Waals surface area contributed by atoms with E-state index in [4.69, 9.17) is 11.5 Å². The fourth-order valence-electron chi connectivity index (χ4n) is 3.13. The second-order valence-corrected chi connectivity index (χ2v) is 5.49. The molecule has 1 unspecified atom stereocenters. The highest BCUT2D eigenvalue weighted by Gasteiger charge is 2.26. The molecule has 1 fully saturated rings. The summed E-state index contributed by atoms with van der Waals surface area (Å²) in [4.78, 5) is 3.31. The Hall–Kier alpha value is -1.32. The summed E-state index contributed by atoms with van der Waals surface area (Å²) in [6.07, 6.45) is 6.61. The van der Waals surface area contributed by atoms with Gasteiger partial charge in [-0.25, -0.2) is 0 Å². The van der Waals surface area contributed by atoms with Crippen LogP contribution in [0.3, 0.4) is 0 Å². The molecule has 1 aromatic carbocycles. The van der Waals surface area contributed by atoms with Gasteiger partial charge in [0.2, 0.25) is 0 Å². The predicted octanol–water partition coefficient (Wildman–Crippen LogP) is 2.69. The number of fused-ring (bicyclic) bond motifs is 1. The second-order valence-electron chi connectivity index (χ2n) is 5.49. The summed E-state index contributed by atoms with van der Waals surface area (Å²) in [5, 5.41) is 1.26. The van der Waals surface area contributed by atoms with Crippen molar-refractivity contribution in [1.82, 2.24) is 4.98 Å². The van der Waals surface area contributed by atoms with Crippen molar-refractivity contribution in [2.45, 2.75) is 37.8 Å². The molecule has 1 aliphatic rings. The maximum absolute atomic E-state index is 6.46. The van der Waals surface area contributed by atoms with Crippen LogP contribution in [0, 0.1) is 5.92 Å². The van der Waals surface area contributed by atoms with Gasteiger partial charge in [-0.2, -0.15) is 0 Å². The Kier molecular flexibility index (Phi) is 3.10. The molecule has 18 heavy (non-hydrogen) atoms. The zero-order valence-corrected chi connectivity index (χ0v) is 10.6. The molecule has 1 aromatic heterocycles. The number of rotatable bonds is 2. The maximum Gasteiger partial charge on any atom is 0.0457 e. The lowest BCUT2D eigenvalue weighted by Crippen LogP contribution is -2.31. The first-order chi connectivity index (χ1) is 8.75. The fraction of sp³-hybridized carbons (Fsp3) is 0.467. The molecule has 1 atom stereocenters. The number of aromatic nitrogens is 1. The standard InChI is InChI=1S/C15H21N3/c16-11-7-5-10(6-8-11)15(17)13-9-18-14-4-2-1-3-12(13)14/h1-4,9-11,15,18H,5-8,16-17H2. The van der Waals surface area contributed by atoms with Crippen LogP contribution in [-0.4, -0.2) is 11.0 Å². The molecular weight excluding hydrogens is 222 g/mol. The van der Waals surface area contributed by atoms with Crippen LogP contribution in [0.15, 0.2) is 30.5 Å². The van der Waals surface area contributed by atoms with Crippen LogP contribution in [0.25, 0.3) is 10.9 Å². The zero-order chi connectivity index (χ0) is 12.5. The highest BCUT2D eigenvalue weighted by atomic mass is 14.7. The average molecular weight is 243 g/mol. The fourth-order valence-corrected chi connectivity index (χ4v) is 3.13. The number of H-pyrrole nitrogens is 1. The SMILES string of the molecule is NC1CCC(C(N)c2c[nH]c3ccccc23)CC1. The molecule has 96 valence electrons. The van der Waals surface area contributed by atoms with Crippen molar-refractivity contribution in [3.8, 4) is 0 Å². The highest BCUT2D eigenvalue weighted by molar-refractivity contribution is 5.83. The highest BCUT2D eigenvalue weighted by Crippen LogP contribution is 2.35. The molecule has 0 radical (unpaired) electrons. The van der Waals surface area contributed by atoms with E-state index in [0.29, 0.717) is 12.0 Å². The first kappa shape index (κ1) is 11.8. The van der Waals surface area contributed by atoms with Crippen LogP contribution in [0.1, 0.15) is 37.3 Å². The van der Waals surface area contributed by atoms with Crippen LogP contribution in [0.2, 0.25) is 0 Å². The number of nitrogens with two attached hydrogens (primary N) is 2. The molecular formula is C15H21N3. The molecule has 1 aliphatic carbocycles. The molecule has 0 amide bonds. The summed E-state index contributed by atoms with van der Waals surface area (Å²) in [5.74, 6) is 0.573. The molecule has 1 heterocycles. The molecule has 2 aromatic rings. The third kappa shape index (κ3) is 2.04. The van der Waals surface area contributed by atoms with Crippen molar-refractivity contribution in [3.05, 3.63) is 36.0 Å². The Morgan fingerprint density at radius 2 is 1.83 bits per heavy atom. The quantitative estimate of drug-likeness (QED) is 0.759. The van der Waals surface area contributed by atoms with E-state index in [-0.39, 0.29) is 6.04 Å². The molecule has 3 rings (SSSR count). The molecule has 0 spiro atoms. The lowest BCUT2D eigenvalue weighted by atomic mass is 9.80. The van der Waals surface area contributed by atoms with E-state index in [1.807, 2.05) is 6.07 Å². The smallest absolute Gasteiger partial charge is 0.0457 e. The topological polar surface area (TPSA) is 67.8 Å². The summed E-state index contributed by atoms with van der Waals surface area (Å²) in [6, 6.07) is 8.89. The van der Waals surface area contributed by atoms with Gasteiger partial charge in [0.05, 0.1) is 0 Å². The van der Waals surface area contributed by atoms with E-state index >= 15 is 0 Å². The van der Waals surface area contributed by atoms with Crippen molar-refractivity contribution < 1.29 is 0 Å². The lowest BCUT2D eigenvalue weighted by molar-refractivity contribution is 0.286. The minimum Gasteiger partial charge on any atom is -0.361 e. The third-order valence-corrected chi connectivity index (χ3v) is 4.30. The second kappa shape index (κ2) is 4.75. The van der Waals surface area contributed by atoms with Gasteiger partial charge in [0.1, 0.15) is 0 Å². The summed E-state index contributed by atoms with van der Waals surface area (Å²) in [7, 11) is 0. The summed E-state index contributed by atoms with van der Waals surface area (Å²) < 4.78 is 0. The van der Waals surface area contributed by atoms with Gasteiger partial charge in [0.25, 0.3) is 0 Å². The Morgan fingerprint density at radius 3 is 2.61 bits per heavy atom. The first-order valence-electron chi connectivity index (χ1n) is 6.83. The van der Waals surface area contributed by atoms with Crippen molar-refractivity contribution in [3.63, 3.8) is 0 Å². The van der Waals surface area contributed by atoms with Crippen LogP contribution >= 0.6 is 0 Å². The maximum atomic E-state index is 6.46. The Balaban J connectivity index is 1.85. The van der Waals surface area contributed by atoms with Gasteiger partial charge in [-0.15, -0.1) is 0 Å². The zero-order valence-electron chi connectivity index (χ0n) is 10.6. The summed E-state index contributed by atoms with van der Waals surface area (Å²) in [6.45, 7) is 0. The van der Waals surface area contributed by atoms with E-state index in [0.717, 1.165) is 25.7 Å². The normalized spacial score (nSPS) is 26.3. The Bertz CT molecular complexity index is 523. The molecule has 0 saturated heterocycles. The number of para-hydroxylation sites is 1. The first-order valence-corrected chi connectivity index (χ1v) is 6.83. The van der Waals surface area contributed by atoms with E-state index < -0.39 is 0 Å². The number of benzene rings is 1. The third-order valence-electron chi connectivity index (χ3n) is 4.30. The largest absolute Gasteiger partial charge is 0.361 e. The number of nitrogens with one attached hydrogen (secondary N) is 1. The van der Waals surface area contributed by atoms with Gasteiger partial charge in [-0.1, -0.05) is 18.2 Å². The van der Waals surface area contributed by atoms with Gasteiger partial charge in [-0.05, 0) is 43.2 Å². The van der Waals surface area contributed by atoms with Crippen LogP contribution in [0.4, 0.5) is 0 Å².